The average Bonchev–Trinajstić information content (AvgIpc) is 2.42. The molecule has 110 valence electrons. The summed E-state index contributed by atoms with van der Waals surface area (Å²) in [5, 5.41) is 9.56. The number of halogens is 1. The number of carbonyl (C=O) groups is 1. The van der Waals surface area contributed by atoms with E-state index in [-0.39, 0.29) is 12.5 Å². The Morgan fingerprint density at radius 2 is 2.20 bits per heavy atom. The van der Waals surface area contributed by atoms with Gasteiger partial charge in [0, 0.05) is 24.2 Å². The second-order valence-corrected chi connectivity index (χ2v) is 5.10. The third-order valence-corrected chi connectivity index (χ3v) is 3.47. The van der Waals surface area contributed by atoms with E-state index in [1.54, 1.807) is 12.1 Å². The number of aliphatic carboxylic acids is 1. The molecule has 1 aromatic carbocycles. The number of hydrogen-bond donors (Lipinski definition) is 1. The summed E-state index contributed by atoms with van der Waals surface area (Å²) in [5.41, 5.74) is 0. The van der Waals surface area contributed by atoms with Crippen LogP contribution in [-0.4, -0.2) is 54.9 Å². The van der Waals surface area contributed by atoms with E-state index in [1.807, 2.05) is 12.1 Å². The van der Waals surface area contributed by atoms with Crippen LogP contribution >= 0.6 is 11.6 Å². The lowest BCUT2D eigenvalue weighted by molar-refractivity contribution is -0.140. The van der Waals surface area contributed by atoms with Crippen molar-refractivity contribution in [2.75, 3.05) is 32.9 Å². The lowest BCUT2D eigenvalue weighted by Gasteiger charge is -2.34. The zero-order valence-corrected chi connectivity index (χ0v) is 11.9. The Morgan fingerprint density at radius 1 is 1.45 bits per heavy atom. The van der Waals surface area contributed by atoms with Gasteiger partial charge in [0.1, 0.15) is 12.4 Å². The minimum Gasteiger partial charge on any atom is -0.492 e. The van der Waals surface area contributed by atoms with Gasteiger partial charge in [0.15, 0.2) is 0 Å². The molecular formula is C14H18ClNO4. The number of benzene rings is 1. The molecule has 0 aromatic heterocycles. The fourth-order valence-electron chi connectivity index (χ4n) is 2.18. The molecule has 0 aliphatic carbocycles. The normalized spacial score (nSPS) is 19.8. The molecule has 1 unspecified atom stereocenters. The highest BCUT2D eigenvalue weighted by Crippen LogP contribution is 2.16. The highest BCUT2D eigenvalue weighted by atomic mass is 35.5. The predicted molar refractivity (Wildman–Crippen MR) is 75.4 cm³/mol. The molecule has 1 heterocycles. The van der Waals surface area contributed by atoms with Gasteiger partial charge >= 0.3 is 5.97 Å². The summed E-state index contributed by atoms with van der Waals surface area (Å²) in [6.45, 7) is 3.04. The third-order valence-electron chi connectivity index (χ3n) is 3.22. The summed E-state index contributed by atoms with van der Waals surface area (Å²) in [4.78, 5) is 12.9. The van der Waals surface area contributed by atoms with Gasteiger partial charge in [0.25, 0.3) is 0 Å². The van der Waals surface area contributed by atoms with Crippen LogP contribution in [0.4, 0.5) is 0 Å². The number of ether oxygens (including phenoxy) is 2. The minimum atomic E-state index is -0.802. The van der Waals surface area contributed by atoms with E-state index in [2.05, 4.69) is 4.90 Å². The van der Waals surface area contributed by atoms with Gasteiger partial charge in [-0.15, -0.1) is 0 Å². The zero-order chi connectivity index (χ0) is 14.4. The first-order chi connectivity index (χ1) is 9.65. The minimum absolute atomic E-state index is 0.0740. The molecule has 0 spiro atoms. The summed E-state index contributed by atoms with van der Waals surface area (Å²) in [6, 6.07) is 7.11. The standard InChI is InChI=1S/C14H18ClNO4/c15-11-1-3-13(4-2-11)20-8-6-16-5-7-19-10-12(16)9-14(17)18/h1-4,12H,5-10H2,(H,17,18). The highest BCUT2D eigenvalue weighted by molar-refractivity contribution is 6.30. The monoisotopic (exact) mass is 299 g/mol. The first kappa shape index (κ1) is 15.1. The van der Waals surface area contributed by atoms with Crippen LogP contribution in [0.3, 0.4) is 0 Å². The van der Waals surface area contributed by atoms with Crippen LogP contribution in [0, 0.1) is 0 Å². The Hall–Kier alpha value is -1.30. The third kappa shape index (κ3) is 4.67. The van der Waals surface area contributed by atoms with Crippen LogP contribution in [0.1, 0.15) is 6.42 Å². The van der Waals surface area contributed by atoms with Crippen molar-refractivity contribution >= 4 is 17.6 Å². The van der Waals surface area contributed by atoms with Gasteiger partial charge in [-0.2, -0.15) is 0 Å². The molecule has 2 rings (SSSR count). The smallest absolute Gasteiger partial charge is 0.305 e. The number of rotatable bonds is 6. The fourth-order valence-corrected chi connectivity index (χ4v) is 2.31. The first-order valence-corrected chi connectivity index (χ1v) is 6.95. The van der Waals surface area contributed by atoms with Crippen molar-refractivity contribution in [3.05, 3.63) is 29.3 Å². The van der Waals surface area contributed by atoms with Gasteiger partial charge in [-0.1, -0.05) is 11.6 Å². The Balaban J connectivity index is 1.79. The maximum atomic E-state index is 10.8. The predicted octanol–water partition coefficient (Wildman–Crippen LogP) is 1.89. The van der Waals surface area contributed by atoms with Gasteiger partial charge < -0.3 is 14.6 Å². The number of carboxylic acid groups (broad SMARTS) is 1. The molecule has 1 N–H and O–H groups in total. The van der Waals surface area contributed by atoms with E-state index in [0.717, 1.165) is 12.3 Å². The molecule has 0 amide bonds. The van der Waals surface area contributed by atoms with Crippen molar-refractivity contribution in [1.29, 1.82) is 0 Å². The summed E-state index contributed by atoms with van der Waals surface area (Å²) >= 11 is 5.80. The van der Waals surface area contributed by atoms with E-state index in [9.17, 15) is 4.79 Å². The van der Waals surface area contributed by atoms with Gasteiger partial charge in [0.2, 0.25) is 0 Å². The van der Waals surface area contributed by atoms with Crippen LogP contribution in [0.25, 0.3) is 0 Å². The summed E-state index contributed by atoms with van der Waals surface area (Å²) in [6.07, 6.45) is 0.0982. The van der Waals surface area contributed by atoms with Gasteiger partial charge in [-0.05, 0) is 24.3 Å². The number of morpholine rings is 1. The topological polar surface area (TPSA) is 59.0 Å². The van der Waals surface area contributed by atoms with Crippen molar-refractivity contribution in [1.82, 2.24) is 4.90 Å². The largest absolute Gasteiger partial charge is 0.492 e. The van der Waals surface area contributed by atoms with Gasteiger partial charge in [-0.25, -0.2) is 0 Å². The molecule has 1 aliphatic heterocycles. The fraction of sp³-hybridized carbons (Fsp3) is 0.500. The Labute approximate surface area is 123 Å². The number of nitrogens with zero attached hydrogens (tertiary/aromatic N) is 1. The van der Waals surface area contributed by atoms with Crippen molar-refractivity contribution in [2.24, 2.45) is 0 Å². The van der Waals surface area contributed by atoms with E-state index >= 15 is 0 Å². The van der Waals surface area contributed by atoms with Crippen LogP contribution in [0.2, 0.25) is 5.02 Å². The quantitative estimate of drug-likeness (QED) is 0.869. The average molecular weight is 300 g/mol. The van der Waals surface area contributed by atoms with Crippen molar-refractivity contribution in [3.8, 4) is 5.75 Å². The van der Waals surface area contributed by atoms with Crippen molar-refractivity contribution in [3.63, 3.8) is 0 Å². The van der Waals surface area contributed by atoms with Crippen LogP contribution in [0.5, 0.6) is 5.75 Å². The summed E-state index contributed by atoms with van der Waals surface area (Å²) < 4.78 is 11.0. The maximum absolute atomic E-state index is 10.8. The van der Waals surface area contributed by atoms with E-state index < -0.39 is 5.97 Å². The van der Waals surface area contributed by atoms with E-state index in [0.29, 0.717) is 31.4 Å². The second-order valence-electron chi connectivity index (χ2n) is 4.66. The maximum Gasteiger partial charge on any atom is 0.305 e. The SMILES string of the molecule is O=C(O)CC1COCCN1CCOc1ccc(Cl)cc1. The zero-order valence-electron chi connectivity index (χ0n) is 11.1. The van der Waals surface area contributed by atoms with E-state index in [1.165, 1.54) is 0 Å². The van der Waals surface area contributed by atoms with Crippen LogP contribution < -0.4 is 4.74 Å². The molecule has 6 heteroatoms. The highest BCUT2D eigenvalue weighted by Gasteiger charge is 2.24. The Morgan fingerprint density at radius 3 is 2.90 bits per heavy atom. The summed E-state index contributed by atoms with van der Waals surface area (Å²) in [5.74, 6) is -0.0402. The van der Waals surface area contributed by atoms with Gasteiger partial charge in [0.05, 0.1) is 19.6 Å². The number of hydrogen-bond acceptors (Lipinski definition) is 4. The molecule has 0 bridgehead atoms. The molecule has 20 heavy (non-hydrogen) atoms. The lowest BCUT2D eigenvalue weighted by Crippen LogP contribution is -2.47. The van der Waals surface area contributed by atoms with E-state index in [4.69, 9.17) is 26.2 Å². The Bertz CT molecular complexity index is 437. The number of carboxylic acids is 1. The first-order valence-electron chi connectivity index (χ1n) is 6.57. The van der Waals surface area contributed by atoms with Crippen molar-refractivity contribution in [2.45, 2.75) is 12.5 Å². The molecule has 1 aromatic rings. The Kier molecular flexibility index (Phi) is 5.64. The lowest BCUT2D eigenvalue weighted by atomic mass is 10.1. The molecular weight excluding hydrogens is 282 g/mol. The molecule has 5 nitrogen and oxygen atoms in total. The molecule has 1 saturated heterocycles. The molecule has 1 fully saturated rings. The summed E-state index contributed by atoms with van der Waals surface area (Å²) in [7, 11) is 0. The molecule has 1 atom stereocenters. The molecule has 0 radical (unpaired) electrons. The van der Waals surface area contributed by atoms with Crippen molar-refractivity contribution < 1.29 is 19.4 Å². The van der Waals surface area contributed by atoms with Crippen LogP contribution in [-0.2, 0) is 9.53 Å². The molecule has 0 saturated carbocycles. The van der Waals surface area contributed by atoms with Gasteiger partial charge in [-0.3, -0.25) is 9.69 Å². The molecule has 1 aliphatic rings. The second kappa shape index (κ2) is 7.47. The van der Waals surface area contributed by atoms with Crippen LogP contribution in [0.15, 0.2) is 24.3 Å².